The number of unbranched alkanes of at least 4 members (excludes halogenated alkanes) is 1. The van der Waals surface area contributed by atoms with E-state index in [0.29, 0.717) is 23.7 Å². The number of carbonyl (C=O) groups excluding carboxylic acids is 2. The molecule has 2 heterocycles. The molecule has 2 N–H and O–H groups in total. The normalized spacial score (nSPS) is 10.7. The summed E-state index contributed by atoms with van der Waals surface area (Å²) >= 11 is 0. The number of aldehydes is 1. The van der Waals surface area contributed by atoms with Crippen molar-refractivity contribution in [3.63, 3.8) is 0 Å². The SMILES string of the molecule is CCCCN(CC(N)=O)c1nc2ccccn2c1C=O. The number of nitrogens with two attached hydrogens (primary N) is 1. The summed E-state index contributed by atoms with van der Waals surface area (Å²) in [7, 11) is 0. The lowest BCUT2D eigenvalue weighted by molar-refractivity contribution is -0.116. The second-order valence-electron chi connectivity index (χ2n) is 4.61. The van der Waals surface area contributed by atoms with Gasteiger partial charge in [-0.3, -0.25) is 14.0 Å². The summed E-state index contributed by atoms with van der Waals surface area (Å²) in [5, 5.41) is 0. The predicted molar refractivity (Wildman–Crippen MR) is 76.9 cm³/mol. The molecule has 0 bridgehead atoms. The van der Waals surface area contributed by atoms with Gasteiger partial charge in [0.1, 0.15) is 11.3 Å². The fraction of sp³-hybridized carbons (Fsp3) is 0.357. The van der Waals surface area contributed by atoms with E-state index in [0.717, 1.165) is 19.1 Å². The zero-order chi connectivity index (χ0) is 14.5. The molecule has 0 radical (unpaired) electrons. The summed E-state index contributed by atoms with van der Waals surface area (Å²) in [6, 6.07) is 5.50. The summed E-state index contributed by atoms with van der Waals surface area (Å²) in [6.45, 7) is 2.77. The number of imidazole rings is 1. The molecule has 0 aliphatic carbocycles. The van der Waals surface area contributed by atoms with Crippen LogP contribution >= 0.6 is 0 Å². The number of hydrogen-bond acceptors (Lipinski definition) is 4. The van der Waals surface area contributed by atoms with Crippen LogP contribution in [0.2, 0.25) is 0 Å². The van der Waals surface area contributed by atoms with Crippen molar-refractivity contribution < 1.29 is 9.59 Å². The number of primary amides is 1. The number of carbonyl (C=O) groups is 2. The van der Waals surface area contributed by atoms with Crippen LogP contribution in [0.15, 0.2) is 24.4 Å². The van der Waals surface area contributed by atoms with Crippen molar-refractivity contribution in [2.45, 2.75) is 19.8 Å². The average molecular weight is 274 g/mol. The van der Waals surface area contributed by atoms with Crippen molar-refractivity contribution in [2.24, 2.45) is 5.73 Å². The second-order valence-corrected chi connectivity index (χ2v) is 4.61. The van der Waals surface area contributed by atoms with Crippen LogP contribution in [-0.2, 0) is 4.79 Å². The Hall–Kier alpha value is -2.37. The van der Waals surface area contributed by atoms with Crippen molar-refractivity contribution in [3.05, 3.63) is 30.1 Å². The molecule has 0 saturated carbocycles. The first-order valence-electron chi connectivity index (χ1n) is 6.63. The number of aromatic nitrogens is 2. The highest BCUT2D eigenvalue weighted by atomic mass is 16.1. The summed E-state index contributed by atoms with van der Waals surface area (Å²) in [5.41, 5.74) is 6.40. The highest BCUT2D eigenvalue weighted by molar-refractivity contribution is 5.86. The molecule has 0 fully saturated rings. The number of pyridine rings is 1. The number of fused-ring (bicyclic) bond motifs is 1. The van der Waals surface area contributed by atoms with Crippen LogP contribution in [0, 0.1) is 0 Å². The Morgan fingerprint density at radius 3 is 2.95 bits per heavy atom. The molecular weight excluding hydrogens is 256 g/mol. The molecule has 0 atom stereocenters. The number of nitrogens with zero attached hydrogens (tertiary/aromatic N) is 3. The molecule has 106 valence electrons. The predicted octanol–water partition coefficient (Wildman–Crippen LogP) is 1.24. The molecule has 6 nitrogen and oxygen atoms in total. The van der Waals surface area contributed by atoms with E-state index in [1.54, 1.807) is 15.5 Å². The third kappa shape index (κ3) is 2.79. The van der Waals surface area contributed by atoms with Crippen molar-refractivity contribution in [2.75, 3.05) is 18.0 Å². The molecule has 0 aliphatic rings. The molecule has 20 heavy (non-hydrogen) atoms. The molecule has 0 saturated heterocycles. The fourth-order valence-electron chi connectivity index (χ4n) is 2.14. The zero-order valence-electron chi connectivity index (χ0n) is 11.5. The van der Waals surface area contributed by atoms with E-state index in [-0.39, 0.29) is 6.54 Å². The number of rotatable bonds is 7. The lowest BCUT2D eigenvalue weighted by atomic mass is 10.3. The first kappa shape index (κ1) is 14.0. The van der Waals surface area contributed by atoms with Gasteiger partial charge in [-0.25, -0.2) is 4.98 Å². The molecule has 0 spiro atoms. The van der Waals surface area contributed by atoms with E-state index in [2.05, 4.69) is 11.9 Å². The minimum atomic E-state index is -0.435. The first-order chi connectivity index (χ1) is 9.67. The van der Waals surface area contributed by atoms with Gasteiger partial charge in [-0.2, -0.15) is 0 Å². The highest BCUT2D eigenvalue weighted by Gasteiger charge is 2.18. The minimum Gasteiger partial charge on any atom is -0.368 e. The van der Waals surface area contributed by atoms with E-state index in [4.69, 9.17) is 5.73 Å². The van der Waals surface area contributed by atoms with Crippen LogP contribution in [0.1, 0.15) is 30.3 Å². The van der Waals surface area contributed by atoms with Crippen molar-refractivity contribution in [1.29, 1.82) is 0 Å². The minimum absolute atomic E-state index is 0.0602. The van der Waals surface area contributed by atoms with Crippen LogP contribution in [-0.4, -0.2) is 34.7 Å². The molecule has 0 unspecified atom stereocenters. The van der Waals surface area contributed by atoms with Crippen molar-refractivity contribution in [3.8, 4) is 0 Å². The van der Waals surface area contributed by atoms with Crippen LogP contribution in [0.5, 0.6) is 0 Å². The summed E-state index contributed by atoms with van der Waals surface area (Å²) < 4.78 is 1.71. The van der Waals surface area contributed by atoms with Gasteiger partial charge in [0.2, 0.25) is 5.91 Å². The van der Waals surface area contributed by atoms with Crippen LogP contribution in [0.4, 0.5) is 5.82 Å². The lowest BCUT2D eigenvalue weighted by Gasteiger charge is -2.20. The van der Waals surface area contributed by atoms with Gasteiger partial charge in [-0.05, 0) is 18.6 Å². The zero-order valence-corrected chi connectivity index (χ0v) is 11.5. The monoisotopic (exact) mass is 274 g/mol. The average Bonchev–Trinajstić information content (AvgIpc) is 2.81. The smallest absolute Gasteiger partial charge is 0.236 e. The van der Waals surface area contributed by atoms with Crippen molar-refractivity contribution >= 4 is 23.7 Å². The Kier molecular flexibility index (Phi) is 4.34. The Balaban J connectivity index is 2.45. The van der Waals surface area contributed by atoms with Gasteiger partial charge in [0.25, 0.3) is 0 Å². The Morgan fingerprint density at radius 2 is 2.30 bits per heavy atom. The highest BCUT2D eigenvalue weighted by Crippen LogP contribution is 2.20. The van der Waals surface area contributed by atoms with E-state index in [9.17, 15) is 9.59 Å². The van der Waals surface area contributed by atoms with Crippen LogP contribution in [0.3, 0.4) is 0 Å². The van der Waals surface area contributed by atoms with Crippen molar-refractivity contribution in [1.82, 2.24) is 9.38 Å². The Labute approximate surface area is 117 Å². The Morgan fingerprint density at radius 1 is 1.50 bits per heavy atom. The van der Waals surface area contributed by atoms with Gasteiger partial charge in [0.15, 0.2) is 12.1 Å². The van der Waals surface area contributed by atoms with Gasteiger partial charge in [0, 0.05) is 12.7 Å². The quantitative estimate of drug-likeness (QED) is 0.770. The number of amides is 1. The van der Waals surface area contributed by atoms with Gasteiger partial charge in [-0.1, -0.05) is 19.4 Å². The third-order valence-electron chi connectivity index (χ3n) is 3.09. The van der Waals surface area contributed by atoms with E-state index in [1.807, 2.05) is 18.2 Å². The van der Waals surface area contributed by atoms with Crippen LogP contribution < -0.4 is 10.6 Å². The molecule has 6 heteroatoms. The molecule has 0 aliphatic heterocycles. The molecular formula is C14H18N4O2. The standard InChI is InChI=1S/C14H18N4O2/c1-2-3-7-17(9-12(15)20)14-11(10-19)18-8-5-4-6-13(18)16-14/h4-6,8,10H,2-3,7,9H2,1H3,(H2,15,20). The molecule has 1 amide bonds. The van der Waals surface area contributed by atoms with Gasteiger partial charge >= 0.3 is 0 Å². The molecule has 0 aromatic carbocycles. The maximum Gasteiger partial charge on any atom is 0.236 e. The number of anilines is 1. The topological polar surface area (TPSA) is 80.7 Å². The second kappa shape index (κ2) is 6.18. The fourth-order valence-corrected chi connectivity index (χ4v) is 2.14. The first-order valence-corrected chi connectivity index (χ1v) is 6.63. The van der Waals surface area contributed by atoms with Gasteiger partial charge < -0.3 is 10.6 Å². The van der Waals surface area contributed by atoms with Crippen LogP contribution in [0.25, 0.3) is 5.65 Å². The number of hydrogen-bond donors (Lipinski definition) is 1. The molecule has 2 aromatic rings. The van der Waals surface area contributed by atoms with E-state index in [1.165, 1.54) is 0 Å². The van der Waals surface area contributed by atoms with Gasteiger partial charge in [-0.15, -0.1) is 0 Å². The Bertz CT molecular complexity index is 621. The largest absolute Gasteiger partial charge is 0.368 e. The summed E-state index contributed by atoms with van der Waals surface area (Å²) in [6.07, 6.45) is 4.42. The summed E-state index contributed by atoms with van der Waals surface area (Å²) in [4.78, 5) is 28.8. The van der Waals surface area contributed by atoms with E-state index < -0.39 is 5.91 Å². The third-order valence-corrected chi connectivity index (χ3v) is 3.09. The summed E-state index contributed by atoms with van der Waals surface area (Å²) in [5.74, 6) is 0.0773. The van der Waals surface area contributed by atoms with E-state index >= 15 is 0 Å². The maximum atomic E-state index is 11.4. The van der Waals surface area contributed by atoms with Gasteiger partial charge in [0.05, 0.1) is 6.54 Å². The molecule has 2 rings (SSSR count). The lowest BCUT2D eigenvalue weighted by Crippen LogP contribution is -2.35. The molecule has 2 aromatic heterocycles. The maximum absolute atomic E-state index is 11.4.